The van der Waals surface area contributed by atoms with E-state index in [2.05, 4.69) is 16.8 Å². The second kappa shape index (κ2) is 3.05. The highest BCUT2D eigenvalue weighted by Gasteiger charge is 2.41. The third-order valence-corrected chi connectivity index (χ3v) is 3.16. The summed E-state index contributed by atoms with van der Waals surface area (Å²) in [5.74, 6) is 0. The van der Waals surface area contributed by atoms with Gasteiger partial charge in [0.2, 0.25) is 0 Å². The fourth-order valence-electron chi connectivity index (χ4n) is 2.47. The molecule has 0 N–H and O–H groups in total. The largest absolute Gasteiger partial charge is 0.396 e. The van der Waals surface area contributed by atoms with Crippen molar-refractivity contribution in [2.45, 2.75) is 19.3 Å². The summed E-state index contributed by atoms with van der Waals surface area (Å²) in [6.45, 7) is 7.85. The highest BCUT2D eigenvalue weighted by Crippen LogP contribution is 2.39. The lowest BCUT2D eigenvalue weighted by molar-refractivity contribution is 0.0345. The average Bonchev–Trinajstić information content (AvgIpc) is 2.40. The summed E-state index contributed by atoms with van der Waals surface area (Å²) in [4.78, 5) is 7.60. The van der Waals surface area contributed by atoms with Crippen molar-refractivity contribution in [2.75, 3.05) is 26.2 Å². The van der Waals surface area contributed by atoms with Gasteiger partial charge in [0.25, 0.3) is 0 Å². The molecular weight excluding hydrogens is 152 g/mol. The summed E-state index contributed by atoms with van der Waals surface area (Å²) in [6.07, 6.45) is 3.90. The molecule has 2 atom stereocenters. The van der Waals surface area contributed by atoms with Crippen LogP contribution in [0.15, 0.2) is 5.16 Å². The molecule has 12 heavy (non-hydrogen) atoms. The van der Waals surface area contributed by atoms with Crippen LogP contribution in [0.25, 0.3) is 0 Å². The first-order valence-corrected chi connectivity index (χ1v) is 4.65. The number of piperidine rings is 1. The van der Waals surface area contributed by atoms with Crippen LogP contribution in [-0.4, -0.2) is 37.9 Å². The summed E-state index contributed by atoms with van der Waals surface area (Å²) >= 11 is 0. The van der Waals surface area contributed by atoms with Gasteiger partial charge in [-0.05, 0) is 32.4 Å². The van der Waals surface area contributed by atoms with Gasteiger partial charge in [0.05, 0.1) is 0 Å². The van der Waals surface area contributed by atoms with Crippen LogP contribution in [0, 0.1) is 5.41 Å². The first-order valence-electron chi connectivity index (χ1n) is 4.65. The number of oxime groups is 1. The van der Waals surface area contributed by atoms with Crippen molar-refractivity contribution in [2.24, 2.45) is 10.6 Å². The predicted molar refractivity (Wildman–Crippen MR) is 48.2 cm³/mol. The molecule has 2 unspecified atom stereocenters. The lowest BCUT2D eigenvalue weighted by Gasteiger charge is -2.32. The van der Waals surface area contributed by atoms with E-state index in [4.69, 9.17) is 4.84 Å². The first-order chi connectivity index (χ1) is 5.85. The molecule has 0 aromatic heterocycles. The van der Waals surface area contributed by atoms with E-state index in [0.29, 0.717) is 5.41 Å². The quantitative estimate of drug-likeness (QED) is 0.465. The molecule has 0 spiro atoms. The van der Waals surface area contributed by atoms with Gasteiger partial charge in [-0.15, -0.1) is 5.16 Å². The minimum absolute atomic E-state index is 0.416. The molecule has 3 heteroatoms. The van der Waals surface area contributed by atoms with Crippen molar-refractivity contribution in [3.05, 3.63) is 0 Å². The van der Waals surface area contributed by atoms with E-state index in [1.54, 1.807) is 0 Å². The molecule has 0 saturated carbocycles. The minimum Gasteiger partial charge on any atom is -0.396 e. The topological polar surface area (TPSA) is 24.8 Å². The standard InChI is InChI=1S/C9H16N2O/c1-10-12-8-9-3-2-5-11(7-9)6-4-9/h1-8H2. The number of fused-ring (bicyclic) bond motifs is 2. The normalized spacial score (nSPS) is 39.5. The number of rotatable bonds is 3. The van der Waals surface area contributed by atoms with E-state index >= 15 is 0 Å². The molecule has 0 radical (unpaired) electrons. The third-order valence-electron chi connectivity index (χ3n) is 3.16. The van der Waals surface area contributed by atoms with Crippen LogP contribution in [0.4, 0.5) is 0 Å². The molecular formula is C9H16N2O. The molecule has 2 rings (SSSR count). The Morgan fingerprint density at radius 3 is 3.17 bits per heavy atom. The van der Waals surface area contributed by atoms with Crippen LogP contribution in [0.1, 0.15) is 19.3 Å². The zero-order chi connectivity index (χ0) is 8.44. The fourth-order valence-corrected chi connectivity index (χ4v) is 2.47. The summed E-state index contributed by atoms with van der Waals surface area (Å²) < 4.78 is 0. The maximum Gasteiger partial charge on any atom is 0.124 e. The molecule has 0 aromatic rings. The van der Waals surface area contributed by atoms with Crippen molar-refractivity contribution in [1.82, 2.24) is 4.90 Å². The van der Waals surface area contributed by atoms with E-state index < -0.39 is 0 Å². The molecule has 2 heterocycles. The number of hydrogen-bond donors (Lipinski definition) is 0. The van der Waals surface area contributed by atoms with Crippen molar-refractivity contribution < 1.29 is 4.84 Å². The lowest BCUT2D eigenvalue weighted by atomic mass is 9.82. The van der Waals surface area contributed by atoms with Gasteiger partial charge in [-0.25, -0.2) is 0 Å². The molecule has 68 valence electrons. The Hall–Kier alpha value is -0.570. The Bertz CT molecular complexity index is 179. The Labute approximate surface area is 73.4 Å². The summed E-state index contributed by atoms with van der Waals surface area (Å²) in [5.41, 5.74) is 0.416. The van der Waals surface area contributed by atoms with Crippen molar-refractivity contribution in [3.8, 4) is 0 Å². The second-order valence-corrected chi connectivity index (χ2v) is 4.03. The van der Waals surface area contributed by atoms with Crippen LogP contribution >= 0.6 is 0 Å². The highest BCUT2D eigenvalue weighted by molar-refractivity contribution is 5.21. The number of nitrogens with zero attached hydrogens (tertiary/aromatic N) is 2. The fraction of sp³-hybridized carbons (Fsp3) is 0.889. The molecule has 0 aromatic carbocycles. The summed E-state index contributed by atoms with van der Waals surface area (Å²) in [6, 6.07) is 0. The minimum atomic E-state index is 0.416. The maximum absolute atomic E-state index is 5.08. The van der Waals surface area contributed by atoms with Crippen LogP contribution in [0.3, 0.4) is 0 Å². The Balaban J connectivity index is 1.95. The molecule has 2 aliphatic heterocycles. The van der Waals surface area contributed by atoms with E-state index in [9.17, 15) is 0 Å². The SMILES string of the molecule is C=NOCC12CCCN(CC1)C2. The van der Waals surface area contributed by atoms with E-state index in [1.165, 1.54) is 38.9 Å². The van der Waals surface area contributed by atoms with Gasteiger partial charge in [0.15, 0.2) is 0 Å². The van der Waals surface area contributed by atoms with Gasteiger partial charge in [0.1, 0.15) is 6.61 Å². The molecule has 0 aliphatic carbocycles. The molecule has 2 bridgehead atoms. The zero-order valence-corrected chi connectivity index (χ0v) is 7.46. The van der Waals surface area contributed by atoms with Gasteiger partial charge >= 0.3 is 0 Å². The Morgan fingerprint density at radius 2 is 2.33 bits per heavy atom. The highest BCUT2D eigenvalue weighted by atomic mass is 16.6. The average molecular weight is 168 g/mol. The van der Waals surface area contributed by atoms with Crippen molar-refractivity contribution >= 4 is 6.72 Å². The summed E-state index contributed by atoms with van der Waals surface area (Å²) in [7, 11) is 0. The second-order valence-electron chi connectivity index (χ2n) is 4.03. The zero-order valence-electron chi connectivity index (χ0n) is 7.46. The van der Waals surface area contributed by atoms with Crippen molar-refractivity contribution in [1.29, 1.82) is 0 Å². The van der Waals surface area contributed by atoms with Gasteiger partial charge in [-0.2, -0.15) is 0 Å². The Morgan fingerprint density at radius 1 is 1.42 bits per heavy atom. The van der Waals surface area contributed by atoms with Gasteiger partial charge < -0.3 is 9.74 Å². The molecule has 2 saturated heterocycles. The van der Waals surface area contributed by atoms with Crippen LogP contribution in [-0.2, 0) is 4.84 Å². The van der Waals surface area contributed by atoms with E-state index in [-0.39, 0.29) is 0 Å². The molecule has 2 fully saturated rings. The maximum atomic E-state index is 5.08. The van der Waals surface area contributed by atoms with Crippen LogP contribution in [0.2, 0.25) is 0 Å². The van der Waals surface area contributed by atoms with Crippen LogP contribution in [0.5, 0.6) is 0 Å². The van der Waals surface area contributed by atoms with Crippen LogP contribution < -0.4 is 0 Å². The molecule has 2 aliphatic rings. The third kappa shape index (κ3) is 1.33. The first kappa shape index (κ1) is 8.05. The number of hydrogen-bond acceptors (Lipinski definition) is 3. The van der Waals surface area contributed by atoms with Gasteiger partial charge in [-0.3, -0.25) is 0 Å². The predicted octanol–water partition coefficient (Wildman–Crippen LogP) is 1.10. The smallest absolute Gasteiger partial charge is 0.124 e. The monoisotopic (exact) mass is 168 g/mol. The molecule has 0 amide bonds. The van der Waals surface area contributed by atoms with Gasteiger partial charge in [-0.1, -0.05) is 0 Å². The lowest BCUT2D eigenvalue weighted by Crippen LogP contribution is -2.36. The van der Waals surface area contributed by atoms with E-state index in [0.717, 1.165) is 6.61 Å². The van der Waals surface area contributed by atoms with Crippen molar-refractivity contribution in [3.63, 3.8) is 0 Å². The molecule has 3 nitrogen and oxygen atoms in total. The van der Waals surface area contributed by atoms with Gasteiger partial charge in [0, 0.05) is 18.7 Å². The summed E-state index contributed by atoms with van der Waals surface area (Å²) in [5, 5.41) is 3.47. The van der Waals surface area contributed by atoms with E-state index in [1.807, 2.05) is 0 Å². The Kier molecular flexibility index (Phi) is 2.05.